The third kappa shape index (κ3) is 6.91. The van der Waals surface area contributed by atoms with Gasteiger partial charge in [0.2, 0.25) is 0 Å². The molecule has 0 bridgehead atoms. The zero-order valence-corrected chi connectivity index (χ0v) is 18.2. The molecule has 6 atom stereocenters. The molecule has 0 spiro atoms. The molecule has 0 N–H and O–H groups in total. The van der Waals surface area contributed by atoms with E-state index < -0.39 is 0 Å². The highest BCUT2D eigenvalue weighted by Gasteiger charge is 2.35. The Kier molecular flexibility index (Phi) is 9.36. The van der Waals surface area contributed by atoms with Crippen molar-refractivity contribution in [3.05, 3.63) is 0 Å². The number of hydrogen-bond acceptors (Lipinski definition) is 0. The van der Waals surface area contributed by atoms with E-state index in [9.17, 15) is 0 Å². The Morgan fingerprint density at radius 3 is 1.84 bits per heavy atom. The quantitative estimate of drug-likeness (QED) is 0.371. The molecule has 0 amide bonds. The second-order valence-electron chi connectivity index (χ2n) is 10.3. The molecule has 0 nitrogen and oxygen atoms in total. The fraction of sp³-hybridized carbons (Fsp3) is 1.00. The van der Waals surface area contributed by atoms with Crippen molar-refractivity contribution < 1.29 is 0 Å². The second-order valence-corrected chi connectivity index (χ2v) is 10.3. The van der Waals surface area contributed by atoms with Crippen molar-refractivity contribution in [3.8, 4) is 0 Å². The van der Waals surface area contributed by atoms with Crippen LogP contribution in [0.2, 0.25) is 0 Å². The Balaban J connectivity index is 1.69. The normalized spacial score (nSPS) is 32.4. The van der Waals surface area contributed by atoms with Crippen LogP contribution in [0.25, 0.3) is 0 Å². The summed E-state index contributed by atoms with van der Waals surface area (Å²) in [6.07, 6.45) is 19.7. The summed E-state index contributed by atoms with van der Waals surface area (Å²) >= 11 is 0. The van der Waals surface area contributed by atoms with Crippen molar-refractivity contribution in [1.82, 2.24) is 0 Å². The first-order valence-corrected chi connectivity index (χ1v) is 12.0. The number of hydrogen-bond donors (Lipinski definition) is 0. The molecule has 0 aliphatic heterocycles. The van der Waals surface area contributed by atoms with E-state index in [-0.39, 0.29) is 0 Å². The highest BCUT2D eigenvalue weighted by atomic mass is 14.4. The molecular weight excluding hydrogens is 300 g/mol. The molecule has 2 saturated carbocycles. The molecule has 0 aromatic heterocycles. The van der Waals surface area contributed by atoms with E-state index >= 15 is 0 Å². The van der Waals surface area contributed by atoms with E-state index in [2.05, 4.69) is 34.6 Å². The first-order valence-electron chi connectivity index (χ1n) is 12.0. The second kappa shape index (κ2) is 11.0. The van der Waals surface area contributed by atoms with E-state index in [0.29, 0.717) is 0 Å². The average Bonchev–Trinajstić information content (AvgIpc) is 2.61. The summed E-state index contributed by atoms with van der Waals surface area (Å²) in [6.45, 7) is 12.0. The molecular formula is C25H48. The lowest BCUT2D eigenvalue weighted by Crippen LogP contribution is -2.31. The van der Waals surface area contributed by atoms with Crippen LogP contribution in [0.4, 0.5) is 0 Å². The molecule has 0 aromatic rings. The minimum absolute atomic E-state index is 0.897. The zero-order chi connectivity index (χ0) is 18.2. The van der Waals surface area contributed by atoms with Gasteiger partial charge in [-0.15, -0.1) is 0 Å². The van der Waals surface area contributed by atoms with E-state index in [1.54, 1.807) is 38.5 Å². The predicted molar refractivity (Wildman–Crippen MR) is 113 cm³/mol. The molecule has 0 heterocycles. The molecule has 0 aromatic carbocycles. The number of rotatable bonds is 10. The maximum absolute atomic E-state index is 2.48. The monoisotopic (exact) mass is 348 g/mol. The van der Waals surface area contributed by atoms with Crippen molar-refractivity contribution in [1.29, 1.82) is 0 Å². The molecule has 2 aliphatic carbocycles. The van der Waals surface area contributed by atoms with Crippen LogP contribution in [0.1, 0.15) is 118 Å². The lowest BCUT2D eigenvalue weighted by Gasteiger charge is -2.42. The lowest BCUT2D eigenvalue weighted by molar-refractivity contribution is 0.0872. The van der Waals surface area contributed by atoms with Crippen LogP contribution in [-0.2, 0) is 0 Å². The van der Waals surface area contributed by atoms with Crippen molar-refractivity contribution in [2.24, 2.45) is 41.4 Å². The van der Waals surface area contributed by atoms with E-state index in [4.69, 9.17) is 0 Å². The van der Waals surface area contributed by atoms with Gasteiger partial charge in [-0.05, 0) is 73.5 Å². The summed E-state index contributed by atoms with van der Waals surface area (Å²) in [5.74, 6) is 7.16. The molecule has 25 heavy (non-hydrogen) atoms. The first kappa shape index (κ1) is 21.3. The van der Waals surface area contributed by atoms with Crippen LogP contribution < -0.4 is 0 Å². The van der Waals surface area contributed by atoms with Gasteiger partial charge in [0.15, 0.2) is 0 Å². The largest absolute Gasteiger partial charge is 0.0651 e. The van der Waals surface area contributed by atoms with Crippen LogP contribution in [0.3, 0.4) is 0 Å². The van der Waals surface area contributed by atoms with E-state index in [1.807, 2.05) is 0 Å². The summed E-state index contributed by atoms with van der Waals surface area (Å²) < 4.78 is 0. The van der Waals surface area contributed by atoms with Gasteiger partial charge in [-0.1, -0.05) is 86.0 Å². The summed E-state index contributed by atoms with van der Waals surface area (Å²) in [6, 6.07) is 0. The summed E-state index contributed by atoms with van der Waals surface area (Å²) in [5, 5.41) is 0. The third-order valence-electron chi connectivity index (χ3n) is 8.14. The van der Waals surface area contributed by atoms with Gasteiger partial charge in [0, 0.05) is 0 Å². The summed E-state index contributed by atoms with van der Waals surface area (Å²) in [7, 11) is 0. The lowest BCUT2D eigenvalue weighted by atomic mass is 9.63. The first-order chi connectivity index (χ1) is 12.0. The maximum Gasteiger partial charge on any atom is -0.0383 e. The third-order valence-corrected chi connectivity index (χ3v) is 8.14. The molecule has 6 unspecified atom stereocenters. The van der Waals surface area contributed by atoms with E-state index in [1.165, 1.54) is 44.9 Å². The van der Waals surface area contributed by atoms with Gasteiger partial charge in [0.1, 0.15) is 0 Å². The van der Waals surface area contributed by atoms with Gasteiger partial charge in [0.25, 0.3) is 0 Å². The highest BCUT2D eigenvalue weighted by Crippen LogP contribution is 2.47. The molecule has 148 valence electrons. The Bertz CT molecular complexity index is 344. The van der Waals surface area contributed by atoms with Crippen LogP contribution in [-0.4, -0.2) is 0 Å². The van der Waals surface area contributed by atoms with Crippen molar-refractivity contribution in [3.63, 3.8) is 0 Å². The topological polar surface area (TPSA) is 0 Å². The van der Waals surface area contributed by atoms with Crippen molar-refractivity contribution in [2.75, 3.05) is 0 Å². The highest BCUT2D eigenvalue weighted by molar-refractivity contribution is 4.86. The minimum atomic E-state index is 0.897. The molecule has 0 saturated heterocycles. The standard InChI is InChI=1S/C25H48/c1-6-20(5)23(7-2)14-11-22-13-16-24-17-21(10-8-9-19(3)4)12-15-25(24)18-22/h19-25H,6-18H2,1-5H3. The smallest absolute Gasteiger partial charge is 0.0383 e. The fourth-order valence-electron chi connectivity index (χ4n) is 6.10. The molecule has 0 heteroatoms. The SMILES string of the molecule is CCC(C)C(CC)CCC1CCC2CC(CCCC(C)C)CCC2C1. The van der Waals surface area contributed by atoms with Crippen molar-refractivity contribution in [2.45, 2.75) is 118 Å². The summed E-state index contributed by atoms with van der Waals surface area (Å²) in [4.78, 5) is 0. The van der Waals surface area contributed by atoms with Crippen molar-refractivity contribution >= 4 is 0 Å². The fourth-order valence-corrected chi connectivity index (χ4v) is 6.10. The molecule has 0 radical (unpaired) electrons. The van der Waals surface area contributed by atoms with Gasteiger partial charge in [-0.3, -0.25) is 0 Å². The van der Waals surface area contributed by atoms with Gasteiger partial charge >= 0.3 is 0 Å². The average molecular weight is 349 g/mol. The predicted octanol–water partition coefficient (Wildman–Crippen LogP) is 8.50. The van der Waals surface area contributed by atoms with Gasteiger partial charge in [-0.2, -0.15) is 0 Å². The number of fused-ring (bicyclic) bond motifs is 1. The maximum atomic E-state index is 2.48. The van der Waals surface area contributed by atoms with Crippen LogP contribution in [0, 0.1) is 41.4 Å². The Morgan fingerprint density at radius 1 is 0.720 bits per heavy atom. The minimum Gasteiger partial charge on any atom is -0.0651 e. The Hall–Kier alpha value is 0. The molecule has 2 rings (SSSR count). The molecule has 2 aliphatic rings. The Labute approximate surface area is 159 Å². The van der Waals surface area contributed by atoms with Gasteiger partial charge < -0.3 is 0 Å². The summed E-state index contributed by atoms with van der Waals surface area (Å²) in [5.41, 5.74) is 0. The van der Waals surface area contributed by atoms with Gasteiger partial charge in [-0.25, -0.2) is 0 Å². The zero-order valence-electron chi connectivity index (χ0n) is 18.2. The van der Waals surface area contributed by atoms with Crippen LogP contribution in [0.5, 0.6) is 0 Å². The van der Waals surface area contributed by atoms with E-state index in [0.717, 1.165) is 41.4 Å². The van der Waals surface area contributed by atoms with Gasteiger partial charge in [0.05, 0.1) is 0 Å². The van der Waals surface area contributed by atoms with Crippen LogP contribution >= 0.6 is 0 Å². The Morgan fingerprint density at radius 2 is 1.32 bits per heavy atom. The molecule has 2 fully saturated rings. The van der Waals surface area contributed by atoms with Crippen LogP contribution in [0.15, 0.2) is 0 Å².